The molecule has 46 heavy (non-hydrogen) atoms. The maximum Gasteiger partial charge on any atom is 0.308 e. The average molecular weight is 669 g/mol. The van der Waals surface area contributed by atoms with Gasteiger partial charge in [0, 0.05) is 0 Å². The Bertz CT molecular complexity index is 846. The van der Waals surface area contributed by atoms with Gasteiger partial charge in [-0.3, -0.25) is 9.59 Å². The van der Waals surface area contributed by atoms with Crippen LogP contribution >= 0.6 is 0 Å². The minimum atomic E-state index is -1.65. The Balaban J connectivity index is 0.0000106. The minimum absolute atomic E-state index is 0. The Hall–Kier alpha value is -1.46. The Labute approximate surface area is 272 Å². The van der Waals surface area contributed by atoms with Crippen LogP contribution in [0.1, 0.15) is 118 Å². The first-order valence-corrected chi connectivity index (χ1v) is 16.8. The molecule has 2 heterocycles. The summed E-state index contributed by atoms with van der Waals surface area (Å²) < 4.78 is 28.7. The van der Waals surface area contributed by atoms with E-state index in [0.717, 1.165) is 64.2 Å². The van der Waals surface area contributed by atoms with Crippen molar-refractivity contribution in [1.29, 1.82) is 0 Å². The number of ether oxygens (including phenoxy) is 5. The van der Waals surface area contributed by atoms with Crippen molar-refractivity contribution < 1.29 is 69.4 Å². The molecule has 2 saturated heterocycles. The molecule has 2 rings (SSSR count). The van der Waals surface area contributed by atoms with E-state index in [2.05, 4.69) is 13.8 Å². The topological polar surface area (TPSA) is 233 Å². The SMILES string of the molecule is CCCCCCCC(CC(=O)O)OC(=O)CC(CCCCCCC)OC1OC(C)C(O)C(OC2OC(C)C(O)C(O)C2O)C1O.O. The molecule has 0 radical (unpaired) electrons. The van der Waals surface area contributed by atoms with Crippen LogP contribution in [0.3, 0.4) is 0 Å². The smallest absolute Gasteiger partial charge is 0.308 e. The third-order valence-electron chi connectivity index (χ3n) is 8.56. The van der Waals surface area contributed by atoms with E-state index in [1.165, 1.54) is 6.92 Å². The Kier molecular flexibility index (Phi) is 20.6. The standard InChI is InChI=1S/C32H58O13.H2O/c1-5-7-9-11-13-15-21(17-23(33)34)43-24(35)18-22(16-14-12-10-8-6-2)44-32-29(40)30(26(37)20(4)42-32)45-31-28(39)27(38)25(36)19(3)41-31;/h19-22,25-32,36-40H,5-18H2,1-4H3,(H,33,34);1H2. The fourth-order valence-electron chi connectivity index (χ4n) is 5.73. The van der Waals surface area contributed by atoms with Crippen molar-refractivity contribution in [3.05, 3.63) is 0 Å². The molecule has 2 aliphatic rings. The van der Waals surface area contributed by atoms with Gasteiger partial charge in [-0.15, -0.1) is 0 Å². The van der Waals surface area contributed by atoms with Crippen LogP contribution in [0.25, 0.3) is 0 Å². The zero-order valence-electron chi connectivity index (χ0n) is 27.9. The number of hydrogen-bond acceptors (Lipinski definition) is 12. The summed E-state index contributed by atoms with van der Waals surface area (Å²) in [6, 6.07) is 0. The lowest BCUT2D eigenvalue weighted by Crippen LogP contribution is -2.63. The van der Waals surface area contributed by atoms with Crippen LogP contribution in [0.2, 0.25) is 0 Å². The summed E-state index contributed by atoms with van der Waals surface area (Å²) >= 11 is 0. The fourth-order valence-corrected chi connectivity index (χ4v) is 5.73. The average Bonchev–Trinajstić information content (AvgIpc) is 2.98. The van der Waals surface area contributed by atoms with Crippen molar-refractivity contribution >= 4 is 11.9 Å². The van der Waals surface area contributed by atoms with E-state index in [1.807, 2.05) is 0 Å². The van der Waals surface area contributed by atoms with Gasteiger partial charge in [0.05, 0.1) is 31.2 Å². The molecule has 0 bridgehead atoms. The van der Waals surface area contributed by atoms with Gasteiger partial charge in [0.2, 0.25) is 0 Å². The molecular formula is C32H60O14. The lowest BCUT2D eigenvalue weighted by Gasteiger charge is -2.46. The van der Waals surface area contributed by atoms with Crippen LogP contribution in [0.4, 0.5) is 0 Å². The molecule has 14 heteroatoms. The number of carboxylic acids is 1. The molecule has 0 amide bonds. The number of carbonyl (C=O) groups is 2. The third kappa shape index (κ3) is 14.0. The van der Waals surface area contributed by atoms with E-state index >= 15 is 0 Å². The number of rotatable bonds is 21. The largest absolute Gasteiger partial charge is 0.481 e. The molecule has 272 valence electrons. The molecule has 2 aliphatic heterocycles. The van der Waals surface area contributed by atoms with Crippen LogP contribution in [0, 0.1) is 0 Å². The van der Waals surface area contributed by atoms with Crippen LogP contribution < -0.4 is 0 Å². The van der Waals surface area contributed by atoms with Gasteiger partial charge in [-0.2, -0.15) is 0 Å². The number of aliphatic hydroxyl groups excluding tert-OH is 5. The molecule has 14 nitrogen and oxygen atoms in total. The van der Waals surface area contributed by atoms with Crippen molar-refractivity contribution in [3.63, 3.8) is 0 Å². The van der Waals surface area contributed by atoms with Crippen molar-refractivity contribution in [1.82, 2.24) is 0 Å². The maximum atomic E-state index is 13.1. The molecule has 12 unspecified atom stereocenters. The van der Waals surface area contributed by atoms with E-state index in [4.69, 9.17) is 23.7 Å². The first kappa shape index (κ1) is 42.6. The second-order valence-electron chi connectivity index (χ2n) is 12.6. The summed E-state index contributed by atoms with van der Waals surface area (Å²) in [5, 5.41) is 61.9. The number of aliphatic hydroxyl groups is 5. The molecular weight excluding hydrogens is 608 g/mol. The van der Waals surface area contributed by atoms with Gasteiger partial charge in [-0.1, -0.05) is 71.6 Å². The lowest BCUT2D eigenvalue weighted by molar-refractivity contribution is -0.358. The van der Waals surface area contributed by atoms with E-state index < -0.39 is 85.6 Å². The van der Waals surface area contributed by atoms with Gasteiger partial charge in [-0.25, -0.2) is 0 Å². The summed E-state index contributed by atoms with van der Waals surface area (Å²) in [5.41, 5.74) is 0. The van der Waals surface area contributed by atoms with Gasteiger partial charge >= 0.3 is 11.9 Å². The Morgan fingerprint density at radius 2 is 1.17 bits per heavy atom. The van der Waals surface area contributed by atoms with Gasteiger partial charge in [-0.05, 0) is 33.1 Å². The van der Waals surface area contributed by atoms with Crippen LogP contribution in [-0.4, -0.2) is 122 Å². The summed E-state index contributed by atoms with van der Waals surface area (Å²) in [7, 11) is 0. The van der Waals surface area contributed by atoms with Crippen LogP contribution in [0.5, 0.6) is 0 Å². The van der Waals surface area contributed by atoms with E-state index in [-0.39, 0.29) is 18.3 Å². The van der Waals surface area contributed by atoms with Gasteiger partial charge in [0.15, 0.2) is 12.6 Å². The third-order valence-corrected chi connectivity index (χ3v) is 8.56. The monoisotopic (exact) mass is 668 g/mol. The first-order valence-electron chi connectivity index (χ1n) is 16.8. The number of hydrogen-bond donors (Lipinski definition) is 6. The number of esters is 1. The zero-order valence-corrected chi connectivity index (χ0v) is 27.9. The van der Waals surface area contributed by atoms with E-state index in [0.29, 0.717) is 12.8 Å². The highest BCUT2D eigenvalue weighted by atomic mass is 16.7. The molecule has 12 atom stereocenters. The number of aliphatic carboxylic acids is 1. The quantitative estimate of drug-likeness (QED) is 0.0756. The minimum Gasteiger partial charge on any atom is -0.481 e. The van der Waals surface area contributed by atoms with Crippen molar-refractivity contribution in [2.45, 2.75) is 191 Å². The highest BCUT2D eigenvalue weighted by molar-refractivity contribution is 5.72. The predicted octanol–water partition coefficient (Wildman–Crippen LogP) is 1.72. The summed E-state index contributed by atoms with van der Waals surface area (Å²) in [5.74, 6) is -1.66. The van der Waals surface area contributed by atoms with Crippen LogP contribution in [-0.2, 0) is 33.3 Å². The second-order valence-corrected chi connectivity index (χ2v) is 12.6. The van der Waals surface area contributed by atoms with Crippen molar-refractivity contribution in [2.75, 3.05) is 0 Å². The molecule has 8 N–H and O–H groups in total. The van der Waals surface area contributed by atoms with Gasteiger partial charge < -0.3 is 59.8 Å². The van der Waals surface area contributed by atoms with E-state index in [9.17, 15) is 40.2 Å². The molecule has 2 fully saturated rings. The van der Waals surface area contributed by atoms with Crippen molar-refractivity contribution in [3.8, 4) is 0 Å². The predicted molar refractivity (Wildman–Crippen MR) is 166 cm³/mol. The summed E-state index contributed by atoms with van der Waals surface area (Å²) in [6.45, 7) is 7.25. The van der Waals surface area contributed by atoms with Crippen molar-refractivity contribution in [2.24, 2.45) is 0 Å². The maximum absolute atomic E-state index is 13.1. The number of carboxylic acid groups (broad SMARTS) is 1. The lowest BCUT2D eigenvalue weighted by atomic mass is 9.97. The number of carbonyl (C=O) groups excluding carboxylic acids is 1. The normalized spacial score (nSPS) is 32.7. The molecule has 0 aromatic rings. The summed E-state index contributed by atoms with van der Waals surface area (Å²) in [6.07, 6.45) is -4.87. The fraction of sp³-hybridized carbons (Fsp3) is 0.938. The van der Waals surface area contributed by atoms with Gasteiger partial charge in [0.1, 0.15) is 42.7 Å². The molecule has 0 aromatic heterocycles. The molecule has 0 aliphatic carbocycles. The van der Waals surface area contributed by atoms with Gasteiger partial charge in [0.25, 0.3) is 0 Å². The molecule has 0 spiro atoms. The highest BCUT2D eigenvalue weighted by Crippen LogP contribution is 2.31. The Morgan fingerprint density at radius 3 is 1.74 bits per heavy atom. The molecule has 0 saturated carbocycles. The van der Waals surface area contributed by atoms with E-state index in [1.54, 1.807) is 6.92 Å². The summed E-state index contributed by atoms with van der Waals surface area (Å²) in [4.78, 5) is 24.5. The highest BCUT2D eigenvalue weighted by Gasteiger charge is 2.50. The zero-order chi connectivity index (χ0) is 33.5. The number of unbranched alkanes of at least 4 members (excludes halogenated alkanes) is 8. The van der Waals surface area contributed by atoms with Crippen LogP contribution in [0.15, 0.2) is 0 Å². The second kappa shape index (κ2) is 22.2. The molecule has 0 aromatic carbocycles. The first-order chi connectivity index (χ1) is 21.4. The Morgan fingerprint density at radius 1 is 0.652 bits per heavy atom.